The lowest BCUT2D eigenvalue weighted by Crippen LogP contribution is -2.67. The van der Waals surface area contributed by atoms with Crippen molar-refractivity contribution in [2.24, 2.45) is 50.2 Å². The molecule has 5 aliphatic carbocycles. The molecule has 2 unspecified atom stereocenters. The van der Waals surface area contributed by atoms with Gasteiger partial charge in [0.15, 0.2) is 18.9 Å². The summed E-state index contributed by atoms with van der Waals surface area (Å²) in [5.74, 6) is -0.719. The van der Waals surface area contributed by atoms with Gasteiger partial charge in [-0.1, -0.05) is 53.2 Å². The standard InChI is InChI=1S/C53H86O22/c1-23-32(58)35(61)38(64)43(69-23)74-42-41(73-44-39(65)36(62)33(59)27(19-54)70-44)26(57)21-68-46(42)72-31-11-12-49(4)29(50(31,5)22-56)10-13-52(7)30(49)9-8-24-25-18-48(2,3)14-16-53(25,17-15-51(24,52)6)47(67)75-45-40(66)37(63)34(60)28(20-55)71-45/h8,23,25-46,54-66H,9-22H2,1-7H3/t23-,25+,26+,27+,28+,29?,30+,31-,32-,33+,34+,35+,36-,37-,38+,39+,40+,41-,42+,43-,44+,45-,46+,49-,50?,51+,52+,53-/m0/s1. The van der Waals surface area contributed by atoms with Gasteiger partial charge >= 0.3 is 5.97 Å². The molecule has 0 bridgehead atoms. The van der Waals surface area contributed by atoms with E-state index < -0.39 is 159 Å². The van der Waals surface area contributed by atoms with Crippen LogP contribution < -0.4 is 0 Å². The van der Waals surface area contributed by atoms with Crippen molar-refractivity contribution in [3.05, 3.63) is 11.6 Å². The Kier molecular flexibility index (Phi) is 16.3. The number of rotatable bonds is 11. The molecule has 8 fully saturated rings. The van der Waals surface area contributed by atoms with Gasteiger partial charge in [0, 0.05) is 5.41 Å². The maximum absolute atomic E-state index is 14.8. The highest BCUT2D eigenvalue weighted by Crippen LogP contribution is 2.76. The van der Waals surface area contributed by atoms with Crippen LogP contribution in [0.4, 0.5) is 0 Å². The van der Waals surface area contributed by atoms with Gasteiger partial charge in [0.05, 0.1) is 44.1 Å². The molecule has 0 aromatic carbocycles. The van der Waals surface area contributed by atoms with Gasteiger partial charge in [-0.25, -0.2) is 0 Å². The number of ether oxygens (including phenoxy) is 8. The second kappa shape index (κ2) is 21.1. The third-order valence-corrected chi connectivity index (χ3v) is 21.1. The number of aliphatic hydroxyl groups excluding tert-OH is 13. The van der Waals surface area contributed by atoms with Crippen molar-refractivity contribution in [3.63, 3.8) is 0 Å². The normalized spacial score (nSPS) is 54.8. The Hall–Kier alpha value is -1.59. The molecular weight excluding hydrogens is 989 g/mol. The van der Waals surface area contributed by atoms with Crippen molar-refractivity contribution in [2.75, 3.05) is 26.4 Å². The van der Waals surface area contributed by atoms with Crippen LogP contribution in [0.3, 0.4) is 0 Å². The second-order valence-corrected chi connectivity index (χ2v) is 25.7. The van der Waals surface area contributed by atoms with Crippen LogP contribution >= 0.6 is 0 Å². The number of carbonyl (C=O) groups is 1. The summed E-state index contributed by atoms with van der Waals surface area (Å²) in [4.78, 5) is 14.8. The maximum atomic E-state index is 14.8. The molecule has 22 heteroatoms. The zero-order valence-electron chi connectivity index (χ0n) is 44.2. The smallest absolute Gasteiger partial charge is 0.315 e. The Morgan fingerprint density at radius 1 is 0.613 bits per heavy atom. The average molecular weight is 1080 g/mol. The Bertz CT molecular complexity index is 2060. The lowest BCUT2D eigenvalue weighted by atomic mass is 9.33. The summed E-state index contributed by atoms with van der Waals surface area (Å²) in [5.41, 5.74) is -1.72. The first-order valence-electron chi connectivity index (χ1n) is 27.3. The van der Waals surface area contributed by atoms with E-state index in [0.29, 0.717) is 51.4 Å². The largest absolute Gasteiger partial charge is 0.432 e. The average Bonchev–Trinajstić information content (AvgIpc) is 3.37. The van der Waals surface area contributed by atoms with Crippen molar-refractivity contribution < 1.29 is 109 Å². The minimum absolute atomic E-state index is 0.106. The molecule has 0 radical (unpaired) electrons. The van der Waals surface area contributed by atoms with Crippen LogP contribution in [0.2, 0.25) is 0 Å². The van der Waals surface area contributed by atoms with Gasteiger partial charge in [0.25, 0.3) is 0 Å². The number of carbonyl (C=O) groups excluding carboxylic acids is 1. The van der Waals surface area contributed by atoms with Crippen molar-refractivity contribution in [3.8, 4) is 0 Å². The predicted octanol–water partition coefficient (Wildman–Crippen LogP) is -1.40. The molecule has 28 atom stereocenters. The molecule has 4 saturated carbocycles. The highest BCUT2D eigenvalue weighted by atomic mass is 16.8. The van der Waals surface area contributed by atoms with Gasteiger partial charge < -0.3 is 104 Å². The summed E-state index contributed by atoms with van der Waals surface area (Å²) in [6.45, 7) is 12.8. The lowest BCUT2D eigenvalue weighted by molar-refractivity contribution is -0.388. The van der Waals surface area contributed by atoms with E-state index >= 15 is 0 Å². The fraction of sp³-hybridized carbons (Fsp3) is 0.943. The van der Waals surface area contributed by atoms with E-state index in [0.717, 1.165) is 12.8 Å². The topological polar surface area (TPSA) is 354 Å². The second-order valence-electron chi connectivity index (χ2n) is 25.7. The first kappa shape index (κ1) is 58.1. The van der Waals surface area contributed by atoms with Crippen LogP contribution in [0.1, 0.15) is 113 Å². The Balaban J connectivity index is 0.987. The molecule has 0 aromatic heterocycles. The van der Waals surface area contributed by atoms with Crippen molar-refractivity contribution >= 4 is 5.97 Å². The molecule has 430 valence electrons. The SMILES string of the molecule is C[C@@H]1O[C@@H](O[C@H]2[C@@H](O[C@H]3CC[C@@]4(C)C(CC[C@]5(C)[C@@H]4CC=C4[C@H]6CC(C)(C)CC[C@]6(C(=O)O[C@@H]6O[C@H](CO)[C@@H](O)[C@H](O)[C@H]6O)CC[C@]45C)C3(C)CO)OC[C@@H](O)[C@@H]2O[C@H]2O[C@H](CO)[C@@H](O)[C@H](O)[C@H]2O)[C@H](O)[C@H](O)[C@H]1O. The lowest BCUT2D eigenvalue weighted by Gasteiger charge is -2.71. The van der Waals surface area contributed by atoms with Gasteiger partial charge in [-0.2, -0.15) is 0 Å². The Labute approximate surface area is 437 Å². The zero-order valence-corrected chi connectivity index (χ0v) is 44.2. The van der Waals surface area contributed by atoms with Gasteiger partial charge in [0.2, 0.25) is 6.29 Å². The highest BCUT2D eigenvalue weighted by Gasteiger charge is 2.71. The van der Waals surface area contributed by atoms with Gasteiger partial charge in [-0.3, -0.25) is 4.79 Å². The fourth-order valence-corrected chi connectivity index (χ4v) is 16.2. The van der Waals surface area contributed by atoms with E-state index in [2.05, 4.69) is 40.7 Å². The monoisotopic (exact) mass is 1070 g/mol. The minimum atomic E-state index is -1.86. The third-order valence-electron chi connectivity index (χ3n) is 21.1. The summed E-state index contributed by atoms with van der Waals surface area (Å²) in [5, 5.41) is 139. The Morgan fingerprint density at radius 2 is 1.19 bits per heavy atom. The minimum Gasteiger partial charge on any atom is -0.432 e. The van der Waals surface area contributed by atoms with Gasteiger partial charge in [0.1, 0.15) is 85.5 Å². The van der Waals surface area contributed by atoms with Crippen LogP contribution in [0.25, 0.3) is 0 Å². The predicted molar refractivity (Wildman–Crippen MR) is 257 cm³/mol. The summed E-state index contributed by atoms with van der Waals surface area (Å²) >= 11 is 0. The molecule has 9 aliphatic rings. The maximum Gasteiger partial charge on any atom is 0.315 e. The zero-order chi connectivity index (χ0) is 54.7. The first-order chi connectivity index (χ1) is 35.2. The molecular formula is C53H86O22. The number of fused-ring (bicyclic) bond motifs is 7. The van der Waals surface area contributed by atoms with Crippen molar-refractivity contribution in [1.29, 1.82) is 0 Å². The molecule has 0 spiro atoms. The van der Waals surface area contributed by atoms with Gasteiger partial charge in [-0.05, 0) is 111 Å². The molecule has 13 N–H and O–H groups in total. The van der Waals surface area contributed by atoms with Crippen LogP contribution in [0.5, 0.6) is 0 Å². The van der Waals surface area contributed by atoms with Crippen LogP contribution in [0.15, 0.2) is 11.6 Å². The molecule has 4 heterocycles. The van der Waals surface area contributed by atoms with E-state index in [9.17, 15) is 71.2 Å². The molecule has 4 aliphatic heterocycles. The molecule has 0 amide bonds. The summed E-state index contributed by atoms with van der Waals surface area (Å²) in [6, 6.07) is 0. The van der Waals surface area contributed by atoms with Gasteiger partial charge in [-0.15, -0.1) is 0 Å². The number of esters is 1. The third kappa shape index (κ3) is 9.40. The molecule has 22 nitrogen and oxygen atoms in total. The quantitative estimate of drug-likeness (QED) is 0.0643. The van der Waals surface area contributed by atoms with Crippen LogP contribution in [0, 0.1) is 50.2 Å². The van der Waals surface area contributed by atoms with E-state index in [1.807, 2.05) is 6.92 Å². The summed E-state index contributed by atoms with van der Waals surface area (Å²) in [6.07, 6.45) is -21.8. The fourth-order valence-electron chi connectivity index (χ4n) is 16.2. The van der Waals surface area contributed by atoms with Crippen molar-refractivity contribution in [1.82, 2.24) is 0 Å². The van der Waals surface area contributed by atoms with Crippen LogP contribution in [-0.2, 0) is 42.7 Å². The highest BCUT2D eigenvalue weighted by molar-refractivity contribution is 5.79. The number of hydrogen-bond acceptors (Lipinski definition) is 22. The number of allylic oxidation sites excluding steroid dienone is 2. The Morgan fingerprint density at radius 3 is 1.81 bits per heavy atom. The van der Waals surface area contributed by atoms with E-state index in [-0.39, 0.29) is 46.0 Å². The molecule has 75 heavy (non-hydrogen) atoms. The molecule has 9 rings (SSSR count). The summed E-state index contributed by atoms with van der Waals surface area (Å²) in [7, 11) is 0. The molecule has 4 saturated heterocycles. The summed E-state index contributed by atoms with van der Waals surface area (Å²) < 4.78 is 48.8. The van der Waals surface area contributed by atoms with E-state index in [1.165, 1.54) is 12.5 Å². The van der Waals surface area contributed by atoms with Crippen molar-refractivity contribution in [2.45, 2.75) is 235 Å². The number of hydrogen-bond donors (Lipinski definition) is 13. The number of aliphatic hydroxyl groups is 13. The van der Waals surface area contributed by atoms with Crippen LogP contribution in [-0.4, -0.2) is 222 Å². The van der Waals surface area contributed by atoms with E-state index in [1.54, 1.807) is 0 Å². The first-order valence-corrected chi connectivity index (χ1v) is 27.3. The van der Waals surface area contributed by atoms with E-state index in [4.69, 9.17) is 37.9 Å². The molecule has 0 aromatic rings.